The van der Waals surface area contributed by atoms with E-state index >= 15 is 0 Å². The van der Waals surface area contributed by atoms with Gasteiger partial charge in [0.25, 0.3) is 5.69 Å². The molecule has 0 fully saturated rings. The summed E-state index contributed by atoms with van der Waals surface area (Å²) in [4.78, 5) is 9.61. The summed E-state index contributed by atoms with van der Waals surface area (Å²) in [6.45, 7) is -3.16. The molecule has 16 heavy (non-hydrogen) atoms. The van der Waals surface area contributed by atoms with E-state index in [0.717, 1.165) is 12.1 Å². The van der Waals surface area contributed by atoms with Crippen LogP contribution in [0.3, 0.4) is 0 Å². The topological polar surface area (TPSA) is 76.2 Å². The van der Waals surface area contributed by atoms with Gasteiger partial charge in [0.2, 0.25) is 0 Å². The second-order valence-corrected chi connectivity index (χ2v) is 2.96. The van der Waals surface area contributed by atoms with Gasteiger partial charge in [0.1, 0.15) is 11.6 Å². The first kappa shape index (κ1) is 12.1. The maximum Gasteiger partial charge on any atom is 0.387 e. The second kappa shape index (κ2) is 4.72. The standard InChI is InChI=1S/C8H3ClF2N2O3/c9-6-2-5(13(14)15)1-4(3-12)7(6)16-8(10)11/h1-2,8H. The summed E-state index contributed by atoms with van der Waals surface area (Å²) in [5, 5.41) is 18.6. The Hall–Kier alpha value is -1.94. The molecule has 0 saturated heterocycles. The summed E-state index contributed by atoms with van der Waals surface area (Å²) in [5.74, 6) is -0.565. The van der Waals surface area contributed by atoms with Gasteiger partial charge in [-0.05, 0) is 0 Å². The number of nitro benzene ring substituents is 1. The Kier molecular flexibility index (Phi) is 3.58. The van der Waals surface area contributed by atoms with Crippen molar-refractivity contribution in [1.82, 2.24) is 0 Å². The number of nitriles is 1. The average Bonchev–Trinajstić information content (AvgIpc) is 2.19. The summed E-state index contributed by atoms with van der Waals surface area (Å²) in [5.41, 5.74) is -0.886. The van der Waals surface area contributed by atoms with Gasteiger partial charge >= 0.3 is 6.61 Å². The molecule has 1 aromatic rings. The van der Waals surface area contributed by atoms with E-state index in [1.54, 1.807) is 0 Å². The Labute approximate surface area is 93.0 Å². The molecule has 0 atom stereocenters. The molecule has 0 aliphatic rings. The summed E-state index contributed by atoms with van der Waals surface area (Å²) in [7, 11) is 0. The zero-order valence-electron chi connectivity index (χ0n) is 7.49. The Morgan fingerprint density at radius 1 is 1.56 bits per heavy atom. The second-order valence-electron chi connectivity index (χ2n) is 2.55. The highest BCUT2D eigenvalue weighted by Crippen LogP contribution is 2.33. The number of alkyl halides is 2. The Balaban J connectivity index is 3.30. The first-order valence-electron chi connectivity index (χ1n) is 3.78. The average molecular weight is 249 g/mol. The Morgan fingerprint density at radius 3 is 2.62 bits per heavy atom. The minimum absolute atomic E-state index is 0.411. The van der Waals surface area contributed by atoms with Crippen molar-refractivity contribution in [3.05, 3.63) is 32.8 Å². The number of halogens is 3. The van der Waals surface area contributed by atoms with E-state index in [1.807, 2.05) is 0 Å². The molecular weight excluding hydrogens is 246 g/mol. The molecule has 0 unspecified atom stereocenters. The van der Waals surface area contributed by atoms with Gasteiger partial charge in [-0.1, -0.05) is 11.6 Å². The van der Waals surface area contributed by atoms with E-state index in [-0.39, 0.29) is 0 Å². The third kappa shape index (κ3) is 2.55. The van der Waals surface area contributed by atoms with E-state index < -0.39 is 33.6 Å². The molecule has 8 heteroatoms. The van der Waals surface area contributed by atoms with Gasteiger partial charge in [-0.25, -0.2) is 0 Å². The molecule has 0 aliphatic heterocycles. The van der Waals surface area contributed by atoms with Gasteiger partial charge in [-0.3, -0.25) is 10.1 Å². The summed E-state index contributed by atoms with van der Waals surface area (Å²) >= 11 is 5.49. The monoisotopic (exact) mass is 248 g/mol. The van der Waals surface area contributed by atoms with E-state index in [4.69, 9.17) is 16.9 Å². The normalized spacial score (nSPS) is 9.94. The van der Waals surface area contributed by atoms with Crippen LogP contribution in [0.15, 0.2) is 12.1 Å². The number of nitrogens with zero attached hydrogens (tertiary/aromatic N) is 2. The van der Waals surface area contributed by atoms with Crippen LogP contribution in [0.25, 0.3) is 0 Å². The van der Waals surface area contributed by atoms with Gasteiger partial charge in [-0.15, -0.1) is 0 Å². The molecule has 0 heterocycles. The molecule has 0 spiro atoms. The van der Waals surface area contributed by atoms with Crippen LogP contribution in [0.2, 0.25) is 5.02 Å². The van der Waals surface area contributed by atoms with Crippen LogP contribution in [-0.4, -0.2) is 11.5 Å². The third-order valence-electron chi connectivity index (χ3n) is 1.57. The van der Waals surface area contributed by atoms with Gasteiger partial charge < -0.3 is 4.74 Å². The van der Waals surface area contributed by atoms with Crippen molar-refractivity contribution in [2.75, 3.05) is 0 Å². The smallest absolute Gasteiger partial charge is 0.387 e. The van der Waals surface area contributed by atoms with Crippen molar-refractivity contribution in [2.45, 2.75) is 6.61 Å². The third-order valence-corrected chi connectivity index (χ3v) is 1.85. The van der Waals surface area contributed by atoms with Crippen molar-refractivity contribution in [2.24, 2.45) is 0 Å². The lowest BCUT2D eigenvalue weighted by Crippen LogP contribution is -2.04. The van der Waals surface area contributed by atoms with Gasteiger partial charge in [-0.2, -0.15) is 14.0 Å². The van der Waals surface area contributed by atoms with Crippen molar-refractivity contribution >= 4 is 17.3 Å². The van der Waals surface area contributed by atoms with Crippen molar-refractivity contribution in [3.8, 4) is 11.8 Å². The maximum atomic E-state index is 12.0. The van der Waals surface area contributed by atoms with Crippen LogP contribution < -0.4 is 4.74 Å². The number of rotatable bonds is 3. The summed E-state index contributed by atoms with van der Waals surface area (Å²) in [6.07, 6.45) is 0. The molecule has 0 radical (unpaired) electrons. The molecule has 0 bridgehead atoms. The molecule has 0 saturated carbocycles. The van der Waals surface area contributed by atoms with Crippen molar-refractivity contribution in [1.29, 1.82) is 5.26 Å². The van der Waals surface area contributed by atoms with Crippen LogP contribution in [0.5, 0.6) is 5.75 Å². The highest BCUT2D eigenvalue weighted by Gasteiger charge is 2.19. The van der Waals surface area contributed by atoms with Crippen molar-refractivity contribution < 1.29 is 18.4 Å². The number of benzene rings is 1. The highest BCUT2D eigenvalue weighted by molar-refractivity contribution is 6.32. The molecule has 84 valence electrons. The molecule has 0 amide bonds. The highest BCUT2D eigenvalue weighted by atomic mass is 35.5. The summed E-state index contributed by atoms with van der Waals surface area (Å²) in [6, 6.07) is 3.13. The Bertz CT molecular complexity index is 473. The molecule has 0 aromatic heterocycles. The van der Waals surface area contributed by atoms with Crippen molar-refractivity contribution in [3.63, 3.8) is 0 Å². The first-order chi connectivity index (χ1) is 7.45. The predicted octanol–water partition coefficient (Wildman–Crippen LogP) is 2.72. The zero-order valence-corrected chi connectivity index (χ0v) is 8.24. The van der Waals surface area contributed by atoms with Gasteiger partial charge in [0.05, 0.1) is 9.95 Å². The molecular formula is C8H3ClF2N2O3. The fourth-order valence-corrected chi connectivity index (χ4v) is 1.23. The van der Waals surface area contributed by atoms with Crippen LogP contribution in [0.1, 0.15) is 5.56 Å². The van der Waals surface area contributed by atoms with E-state index in [9.17, 15) is 18.9 Å². The minimum Gasteiger partial charge on any atom is -0.432 e. The lowest BCUT2D eigenvalue weighted by atomic mass is 10.2. The number of nitro groups is 1. The maximum absolute atomic E-state index is 12.0. The quantitative estimate of drug-likeness (QED) is 0.609. The number of hydrogen-bond donors (Lipinski definition) is 0. The minimum atomic E-state index is -3.16. The van der Waals surface area contributed by atoms with E-state index in [2.05, 4.69) is 4.74 Å². The summed E-state index contributed by atoms with van der Waals surface area (Å²) < 4.78 is 27.9. The predicted molar refractivity (Wildman–Crippen MR) is 49.5 cm³/mol. The molecule has 1 aromatic carbocycles. The molecule has 0 N–H and O–H groups in total. The van der Waals surface area contributed by atoms with E-state index in [0.29, 0.717) is 0 Å². The number of ether oxygens (including phenoxy) is 1. The van der Waals surface area contributed by atoms with Crippen LogP contribution in [0.4, 0.5) is 14.5 Å². The van der Waals surface area contributed by atoms with Gasteiger partial charge in [0.15, 0.2) is 5.75 Å². The first-order valence-corrected chi connectivity index (χ1v) is 4.16. The number of hydrogen-bond acceptors (Lipinski definition) is 4. The largest absolute Gasteiger partial charge is 0.432 e. The fraction of sp³-hybridized carbons (Fsp3) is 0.125. The Morgan fingerprint density at radius 2 is 2.19 bits per heavy atom. The van der Waals surface area contributed by atoms with E-state index in [1.165, 1.54) is 6.07 Å². The molecule has 1 rings (SSSR count). The van der Waals surface area contributed by atoms with Crippen LogP contribution >= 0.6 is 11.6 Å². The fourth-order valence-electron chi connectivity index (χ4n) is 0.976. The zero-order chi connectivity index (χ0) is 12.3. The van der Waals surface area contributed by atoms with Crippen LogP contribution in [0, 0.1) is 21.4 Å². The van der Waals surface area contributed by atoms with Gasteiger partial charge in [0, 0.05) is 12.1 Å². The molecule has 0 aliphatic carbocycles. The number of non-ortho nitro benzene ring substituents is 1. The molecule has 5 nitrogen and oxygen atoms in total. The lowest BCUT2D eigenvalue weighted by Gasteiger charge is -2.07. The lowest BCUT2D eigenvalue weighted by molar-refractivity contribution is -0.384. The SMILES string of the molecule is N#Cc1cc([N+](=O)[O-])cc(Cl)c1OC(F)F. The van der Waals surface area contributed by atoms with Crippen LogP contribution in [-0.2, 0) is 0 Å².